The molecule has 208 valence electrons. The summed E-state index contributed by atoms with van der Waals surface area (Å²) >= 11 is 7.26. The smallest absolute Gasteiger partial charge is 0.282 e. The van der Waals surface area contributed by atoms with Crippen molar-refractivity contribution in [1.29, 1.82) is 0 Å². The van der Waals surface area contributed by atoms with Crippen molar-refractivity contribution < 1.29 is 9.47 Å². The predicted molar refractivity (Wildman–Crippen MR) is 172 cm³/mol. The van der Waals surface area contributed by atoms with E-state index in [1.807, 2.05) is 79.7 Å². The van der Waals surface area contributed by atoms with Crippen LogP contribution in [-0.4, -0.2) is 23.0 Å². The molecule has 0 saturated heterocycles. The van der Waals surface area contributed by atoms with E-state index in [4.69, 9.17) is 14.5 Å². The molecule has 1 heterocycles. The summed E-state index contributed by atoms with van der Waals surface area (Å²) in [7, 11) is 1.67. The molecule has 0 unspecified atom stereocenters. The Morgan fingerprint density at radius 1 is 0.976 bits per heavy atom. The molecule has 0 aliphatic heterocycles. The Hall–Kier alpha value is -3.75. The van der Waals surface area contributed by atoms with Crippen LogP contribution >= 0.6 is 31.9 Å². The molecule has 0 aliphatic carbocycles. The highest BCUT2D eigenvalue weighted by Gasteiger charge is 2.18. The number of hydrogen-bond donors (Lipinski definition) is 0. The predicted octanol–water partition coefficient (Wildman–Crippen LogP) is 8.49. The Morgan fingerprint density at radius 2 is 1.66 bits per heavy atom. The van der Waals surface area contributed by atoms with Crippen LogP contribution in [0.5, 0.6) is 11.5 Å². The molecule has 1 aromatic heterocycles. The number of fused-ring (bicyclic) bond motifs is 1. The third-order valence-corrected chi connectivity index (χ3v) is 7.94. The van der Waals surface area contributed by atoms with Crippen molar-refractivity contribution in [2.24, 2.45) is 5.10 Å². The summed E-state index contributed by atoms with van der Waals surface area (Å²) in [5.74, 6) is 2.17. The summed E-state index contributed by atoms with van der Waals surface area (Å²) in [5, 5.41) is 5.17. The van der Waals surface area contributed by atoms with Crippen LogP contribution in [0.25, 0.3) is 22.3 Å². The molecule has 5 aromatic rings. The van der Waals surface area contributed by atoms with Crippen molar-refractivity contribution >= 4 is 49.0 Å². The van der Waals surface area contributed by atoms with Gasteiger partial charge in [0, 0.05) is 5.56 Å². The number of hydrogen-bond acceptors (Lipinski definition) is 5. The molecule has 6 nitrogen and oxygen atoms in total. The van der Waals surface area contributed by atoms with Gasteiger partial charge in [-0.1, -0.05) is 56.3 Å². The molecule has 8 heteroatoms. The standard InChI is InChI=1S/C33H29Br2N3O3/c1-20(2)25-17-26(21(3)14-30(25)40-4)32-37-29-13-9-8-12-24(29)33(39)38(32)36-18-23-15-27(34)31(28(35)16-23)41-19-22-10-6-5-7-11-22/h5-18,20H,19H2,1-4H3. The fraction of sp³-hybridized carbons (Fsp3) is 0.182. The number of benzene rings is 4. The van der Waals surface area contributed by atoms with Crippen LogP contribution in [0.2, 0.25) is 0 Å². The topological polar surface area (TPSA) is 65.7 Å². The van der Waals surface area contributed by atoms with Crippen molar-refractivity contribution in [2.75, 3.05) is 7.11 Å². The van der Waals surface area contributed by atoms with Gasteiger partial charge >= 0.3 is 0 Å². The molecule has 4 aromatic carbocycles. The minimum atomic E-state index is -0.246. The van der Waals surface area contributed by atoms with E-state index < -0.39 is 0 Å². The highest BCUT2D eigenvalue weighted by molar-refractivity contribution is 9.11. The number of aryl methyl sites for hydroxylation is 1. The molecule has 0 saturated carbocycles. The third-order valence-electron chi connectivity index (χ3n) is 6.76. The van der Waals surface area contributed by atoms with Crippen molar-refractivity contribution in [3.8, 4) is 22.9 Å². The zero-order valence-corrected chi connectivity index (χ0v) is 26.4. The molecule has 0 spiro atoms. The Kier molecular flexibility index (Phi) is 8.71. The van der Waals surface area contributed by atoms with Gasteiger partial charge in [0.1, 0.15) is 18.1 Å². The van der Waals surface area contributed by atoms with Gasteiger partial charge in [0.2, 0.25) is 0 Å². The highest BCUT2D eigenvalue weighted by atomic mass is 79.9. The molecule has 41 heavy (non-hydrogen) atoms. The van der Waals surface area contributed by atoms with Crippen molar-refractivity contribution in [3.05, 3.63) is 120 Å². The van der Waals surface area contributed by atoms with Gasteiger partial charge < -0.3 is 9.47 Å². The SMILES string of the molecule is COc1cc(C)c(-c2nc3ccccc3c(=O)n2N=Cc2cc(Br)c(OCc3ccccc3)c(Br)c2)cc1C(C)C. The minimum Gasteiger partial charge on any atom is -0.496 e. The molecule has 0 amide bonds. The van der Waals surface area contributed by atoms with Gasteiger partial charge in [-0.25, -0.2) is 4.98 Å². The second-order valence-corrected chi connectivity index (χ2v) is 11.7. The second-order valence-electron chi connectivity index (χ2n) is 9.97. The normalized spacial score (nSPS) is 11.5. The van der Waals surface area contributed by atoms with Crippen LogP contribution in [-0.2, 0) is 6.61 Å². The quantitative estimate of drug-likeness (QED) is 0.155. The van der Waals surface area contributed by atoms with Crippen molar-refractivity contribution in [2.45, 2.75) is 33.3 Å². The first-order valence-corrected chi connectivity index (χ1v) is 14.8. The maximum atomic E-state index is 13.8. The number of ether oxygens (including phenoxy) is 2. The summed E-state index contributed by atoms with van der Waals surface area (Å²) in [5.41, 5.74) is 5.00. The van der Waals surface area contributed by atoms with E-state index in [0.717, 1.165) is 42.5 Å². The first-order valence-electron chi connectivity index (χ1n) is 13.2. The molecule has 5 rings (SSSR count). The van der Waals surface area contributed by atoms with E-state index in [1.165, 1.54) is 4.68 Å². The van der Waals surface area contributed by atoms with E-state index in [1.54, 1.807) is 19.4 Å². The molecule has 0 atom stereocenters. The van der Waals surface area contributed by atoms with Crippen LogP contribution in [0.3, 0.4) is 0 Å². The van der Waals surface area contributed by atoms with E-state index in [-0.39, 0.29) is 11.5 Å². The fourth-order valence-corrected chi connectivity index (χ4v) is 6.07. The lowest BCUT2D eigenvalue weighted by molar-refractivity contribution is 0.302. The van der Waals surface area contributed by atoms with Gasteiger partial charge in [0.15, 0.2) is 5.82 Å². The van der Waals surface area contributed by atoms with Crippen LogP contribution in [0.15, 0.2) is 97.7 Å². The van der Waals surface area contributed by atoms with Crippen LogP contribution in [0.4, 0.5) is 0 Å². The first-order chi connectivity index (χ1) is 19.8. The van der Waals surface area contributed by atoms with Gasteiger partial charge in [0.25, 0.3) is 5.56 Å². The zero-order chi connectivity index (χ0) is 29.1. The number of methoxy groups -OCH3 is 1. The van der Waals surface area contributed by atoms with Gasteiger partial charge in [-0.05, 0) is 103 Å². The van der Waals surface area contributed by atoms with Gasteiger partial charge in [0.05, 0.1) is 33.2 Å². The summed E-state index contributed by atoms with van der Waals surface area (Å²) in [6, 6.07) is 25.2. The van der Waals surface area contributed by atoms with Crippen LogP contribution < -0.4 is 15.0 Å². The second kappa shape index (κ2) is 12.4. The molecule has 0 fully saturated rings. The number of aromatic nitrogens is 2. The Bertz CT molecular complexity index is 1790. The van der Waals surface area contributed by atoms with E-state index in [0.29, 0.717) is 29.1 Å². The first kappa shape index (κ1) is 28.8. The average Bonchev–Trinajstić information content (AvgIpc) is 2.96. The fourth-order valence-electron chi connectivity index (χ4n) is 4.62. The molecule has 0 N–H and O–H groups in total. The summed E-state index contributed by atoms with van der Waals surface area (Å²) < 4.78 is 14.6. The minimum absolute atomic E-state index is 0.214. The van der Waals surface area contributed by atoms with Gasteiger partial charge in [-0.15, -0.1) is 0 Å². The van der Waals surface area contributed by atoms with E-state index >= 15 is 0 Å². The number of rotatable bonds is 8. The average molecular weight is 675 g/mol. The highest BCUT2D eigenvalue weighted by Crippen LogP contribution is 2.36. The zero-order valence-electron chi connectivity index (χ0n) is 23.2. The summed E-state index contributed by atoms with van der Waals surface area (Å²) in [4.78, 5) is 18.7. The number of nitrogens with zero attached hydrogens (tertiary/aromatic N) is 3. The lowest BCUT2D eigenvalue weighted by Crippen LogP contribution is -2.20. The molecular weight excluding hydrogens is 646 g/mol. The molecular formula is C33H29Br2N3O3. The third kappa shape index (κ3) is 6.14. The number of para-hydroxylation sites is 1. The molecule has 0 bridgehead atoms. The number of halogens is 2. The summed E-state index contributed by atoms with van der Waals surface area (Å²) in [6.45, 7) is 6.64. The van der Waals surface area contributed by atoms with E-state index in [2.05, 4.69) is 50.8 Å². The Labute approximate surface area is 255 Å². The largest absolute Gasteiger partial charge is 0.496 e. The van der Waals surface area contributed by atoms with E-state index in [9.17, 15) is 4.79 Å². The Morgan fingerprint density at radius 3 is 2.34 bits per heavy atom. The van der Waals surface area contributed by atoms with Crippen molar-refractivity contribution in [3.63, 3.8) is 0 Å². The van der Waals surface area contributed by atoms with Gasteiger partial charge in [-0.2, -0.15) is 9.78 Å². The van der Waals surface area contributed by atoms with Crippen LogP contribution in [0, 0.1) is 6.92 Å². The molecule has 0 radical (unpaired) electrons. The lowest BCUT2D eigenvalue weighted by atomic mass is 9.96. The maximum absolute atomic E-state index is 13.8. The molecule has 0 aliphatic rings. The van der Waals surface area contributed by atoms with Crippen LogP contribution in [0.1, 0.15) is 42.0 Å². The monoisotopic (exact) mass is 673 g/mol. The maximum Gasteiger partial charge on any atom is 0.282 e. The summed E-state index contributed by atoms with van der Waals surface area (Å²) in [6.07, 6.45) is 1.65. The van der Waals surface area contributed by atoms with Crippen molar-refractivity contribution in [1.82, 2.24) is 9.66 Å². The van der Waals surface area contributed by atoms with Gasteiger partial charge in [-0.3, -0.25) is 4.79 Å². The lowest BCUT2D eigenvalue weighted by Gasteiger charge is -2.17. The Balaban J connectivity index is 1.58.